The van der Waals surface area contributed by atoms with E-state index in [0.717, 1.165) is 23.8 Å². The summed E-state index contributed by atoms with van der Waals surface area (Å²) < 4.78 is 15.6. The molecule has 4 fully saturated rings. The van der Waals surface area contributed by atoms with Crippen molar-refractivity contribution in [1.82, 2.24) is 19.6 Å². The van der Waals surface area contributed by atoms with Gasteiger partial charge < -0.3 is 24.4 Å². The van der Waals surface area contributed by atoms with E-state index in [1.807, 2.05) is 91.0 Å². The molecule has 0 aromatic heterocycles. The van der Waals surface area contributed by atoms with Gasteiger partial charge in [-0.15, -0.1) is 0 Å². The lowest BCUT2D eigenvalue weighted by atomic mass is 10.2. The van der Waals surface area contributed by atoms with Crippen LogP contribution in [0.2, 0.25) is 0 Å². The van der Waals surface area contributed by atoms with Crippen LogP contribution in [0.1, 0.15) is 43.8 Å². The molecule has 2 N–H and O–H groups in total. The Morgan fingerprint density at radius 1 is 0.460 bits per heavy atom. The van der Waals surface area contributed by atoms with Gasteiger partial charge in [-0.3, -0.25) is 58.0 Å². The van der Waals surface area contributed by atoms with Crippen molar-refractivity contribution >= 4 is 47.0 Å². The normalized spacial score (nSPS) is 21.0. The van der Waals surface area contributed by atoms with Crippen LogP contribution in [0.3, 0.4) is 0 Å². The Balaban J connectivity index is 0.000000293. The van der Waals surface area contributed by atoms with E-state index in [1.165, 1.54) is 0 Å². The Labute approximate surface area is 369 Å². The molecular weight excluding hydrogens is 817 g/mol. The third-order valence-corrected chi connectivity index (χ3v) is 10.3. The molecule has 4 atom stereocenters. The molecule has 63 heavy (non-hydrogen) atoms. The highest BCUT2D eigenvalue weighted by molar-refractivity contribution is 5.93. The zero-order valence-electron chi connectivity index (χ0n) is 36.4. The molecule has 0 saturated carbocycles. The van der Waals surface area contributed by atoms with Gasteiger partial charge in [0.25, 0.3) is 0 Å². The summed E-state index contributed by atoms with van der Waals surface area (Å²) in [6, 6.07) is 26.7. The van der Waals surface area contributed by atoms with E-state index in [1.54, 1.807) is 47.8 Å². The minimum absolute atomic E-state index is 0. The summed E-state index contributed by atoms with van der Waals surface area (Å²) in [5, 5.41) is 15.5. The Bertz CT molecular complexity index is 1800. The fraction of sp³-hybridized carbons (Fsp3) is 0.435. The number of likely N-dealkylation sites (N-methyl/N-ethyl adjacent to an activating group) is 4. The van der Waals surface area contributed by atoms with Crippen molar-refractivity contribution in [2.75, 3.05) is 61.5 Å². The van der Waals surface area contributed by atoms with Gasteiger partial charge in [0.1, 0.15) is 67.1 Å². The number of aliphatic hydroxyl groups excluding tert-OH is 1. The molecule has 342 valence electrons. The average molecular weight is 877 g/mol. The zero-order chi connectivity index (χ0) is 46.5. The molecule has 4 aliphatic rings. The maximum atomic E-state index is 11.8. The lowest BCUT2D eigenvalue weighted by Crippen LogP contribution is -2.34. The molecular formula is C46H60N4O13. The summed E-state index contributed by atoms with van der Waals surface area (Å²) in [5.41, 5.74) is 2.86. The maximum Gasteiger partial charge on any atom is 0.324 e. The van der Waals surface area contributed by atoms with Crippen LogP contribution in [0.15, 0.2) is 91.0 Å². The molecule has 0 aliphatic carbocycles. The second-order valence-corrected chi connectivity index (χ2v) is 15.3. The monoisotopic (exact) mass is 876 g/mol. The van der Waals surface area contributed by atoms with Gasteiger partial charge in [-0.2, -0.15) is 0 Å². The number of rotatable bonds is 10. The van der Waals surface area contributed by atoms with Crippen molar-refractivity contribution in [1.29, 1.82) is 0 Å². The molecule has 17 nitrogen and oxygen atoms in total. The summed E-state index contributed by atoms with van der Waals surface area (Å²) in [6.07, 6.45) is 0.963. The minimum atomic E-state index is -0.909. The number of carboxylic acid groups (broad SMARTS) is 1. The second-order valence-electron chi connectivity index (χ2n) is 15.3. The van der Waals surface area contributed by atoms with E-state index in [2.05, 4.69) is 0 Å². The van der Waals surface area contributed by atoms with Crippen LogP contribution in [0.4, 0.5) is 0 Å². The highest BCUT2D eigenvalue weighted by Crippen LogP contribution is 2.17. The molecule has 4 saturated heterocycles. The maximum absolute atomic E-state index is 11.8. The number of esters is 3. The fourth-order valence-corrected chi connectivity index (χ4v) is 6.84. The molecule has 0 amide bonds. The first-order valence-corrected chi connectivity index (χ1v) is 20.3. The van der Waals surface area contributed by atoms with Crippen LogP contribution >= 0.6 is 0 Å². The Morgan fingerprint density at radius 3 is 0.857 bits per heavy atom. The third-order valence-electron chi connectivity index (χ3n) is 10.3. The van der Waals surface area contributed by atoms with Crippen LogP contribution in [0.25, 0.3) is 0 Å². The van der Waals surface area contributed by atoms with E-state index < -0.39 is 30.1 Å². The number of ether oxygens (including phenoxy) is 3. The number of nitrogens with zero attached hydrogens (tertiary/aromatic N) is 4. The minimum Gasteiger partial charge on any atom is -0.480 e. The number of ketones is 4. The van der Waals surface area contributed by atoms with Crippen molar-refractivity contribution in [3.63, 3.8) is 0 Å². The van der Waals surface area contributed by atoms with Crippen LogP contribution in [-0.4, -0.2) is 162 Å². The first-order chi connectivity index (χ1) is 30.1. The van der Waals surface area contributed by atoms with Crippen LogP contribution in [-0.2, 0) is 72.4 Å². The molecule has 7 rings (SSSR count). The molecule has 4 aliphatic heterocycles. The van der Waals surface area contributed by atoms with Gasteiger partial charge in [-0.05, 0) is 44.9 Å². The smallest absolute Gasteiger partial charge is 0.324 e. The van der Waals surface area contributed by atoms with Crippen molar-refractivity contribution < 1.29 is 64.2 Å². The van der Waals surface area contributed by atoms with Crippen molar-refractivity contribution in [3.05, 3.63) is 108 Å². The van der Waals surface area contributed by atoms with E-state index in [9.17, 15) is 38.4 Å². The van der Waals surface area contributed by atoms with E-state index in [4.69, 9.17) is 24.4 Å². The average Bonchev–Trinajstić information content (AvgIpc) is 4.03. The molecule has 3 aromatic rings. The molecule has 0 bridgehead atoms. The van der Waals surface area contributed by atoms with E-state index >= 15 is 0 Å². The standard InChI is InChI=1S/3C13H15NO3.C6H9NO3.CH4O.H2/c3*1-14-8-11(15)7-12(14)13(16)17-9-10-5-3-2-4-6-10;1-7-3-4(8)2-5(7)6(9)10;1-2;/h3*2-6,12H,7-9H2,1H3;5H,2-3H2,1H3,(H,9,10);2H,1H3;1H. The predicted molar refractivity (Wildman–Crippen MR) is 231 cm³/mol. The lowest BCUT2D eigenvalue weighted by Gasteiger charge is -2.16. The lowest BCUT2D eigenvalue weighted by molar-refractivity contribution is -0.150. The Morgan fingerprint density at radius 2 is 0.683 bits per heavy atom. The highest BCUT2D eigenvalue weighted by Gasteiger charge is 2.36. The predicted octanol–water partition coefficient (Wildman–Crippen LogP) is 2.21. The number of aliphatic hydroxyl groups is 1. The van der Waals surface area contributed by atoms with Gasteiger partial charge in [0.2, 0.25) is 0 Å². The number of hydrogen-bond acceptors (Lipinski definition) is 16. The summed E-state index contributed by atoms with van der Waals surface area (Å²) in [6.45, 7) is 2.08. The number of carboxylic acids is 1. The second kappa shape index (κ2) is 26.5. The van der Waals surface area contributed by atoms with Crippen LogP contribution in [0, 0.1) is 0 Å². The van der Waals surface area contributed by atoms with E-state index in [-0.39, 0.29) is 94.5 Å². The van der Waals surface area contributed by atoms with Gasteiger partial charge in [-0.1, -0.05) is 91.0 Å². The Hall–Kier alpha value is -5.98. The molecule has 3 aromatic carbocycles. The summed E-state index contributed by atoms with van der Waals surface area (Å²) >= 11 is 0. The Kier molecular flexibility index (Phi) is 21.6. The fourth-order valence-electron chi connectivity index (χ4n) is 6.84. The number of hydrogen-bond donors (Lipinski definition) is 2. The number of Topliss-reactive ketones (excluding diaryl/α,β-unsaturated/α-hetero) is 4. The SMILES string of the molecule is CN1CC(=O)CC1C(=O)O.CN1CC(=O)CC1C(=O)OCc1ccccc1.CN1CC(=O)CC1C(=O)OCc1ccccc1.CN1CC(=O)CC1C(=O)OCc1ccccc1.CO.[HH]. The largest absolute Gasteiger partial charge is 0.480 e. The number of carbonyl (C=O) groups is 8. The number of carbonyl (C=O) groups excluding carboxylic acids is 7. The van der Waals surface area contributed by atoms with Crippen LogP contribution < -0.4 is 0 Å². The van der Waals surface area contributed by atoms with Crippen molar-refractivity contribution in [2.24, 2.45) is 0 Å². The zero-order valence-corrected chi connectivity index (χ0v) is 36.4. The topological polar surface area (TPSA) is 218 Å². The van der Waals surface area contributed by atoms with Gasteiger partial charge in [0.15, 0.2) is 0 Å². The first kappa shape index (κ1) is 51.4. The quantitative estimate of drug-likeness (QED) is 0.220. The molecule has 0 spiro atoms. The summed E-state index contributed by atoms with van der Waals surface area (Å²) in [4.78, 5) is 96.6. The van der Waals surface area contributed by atoms with Crippen molar-refractivity contribution in [2.45, 2.75) is 69.7 Å². The molecule has 17 heteroatoms. The summed E-state index contributed by atoms with van der Waals surface area (Å²) in [5.74, 6) is -1.58. The first-order valence-electron chi connectivity index (χ1n) is 20.3. The molecule has 0 radical (unpaired) electrons. The van der Waals surface area contributed by atoms with Crippen LogP contribution in [0.5, 0.6) is 0 Å². The number of likely N-dealkylation sites (tertiary alicyclic amines) is 4. The van der Waals surface area contributed by atoms with Gasteiger partial charge in [-0.25, -0.2) is 0 Å². The molecule has 4 heterocycles. The third kappa shape index (κ3) is 17.4. The van der Waals surface area contributed by atoms with Gasteiger partial charge in [0, 0.05) is 34.2 Å². The van der Waals surface area contributed by atoms with Crippen molar-refractivity contribution in [3.8, 4) is 0 Å². The van der Waals surface area contributed by atoms with E-state index in [0.29, 0.717) is 19.6 Å². The van der Waals surface area contributed by atoms with Gasteiger partial charge in [0.05, 0.1) is 26.2 Å². The highest BCUT2D eigenvalue weighted by atomic mass is 16.5. The number of aliphatic carboxylic acids is 1. The number of benzene rings is 3. The molecule has 4 unspecified atom stereocenters. The van der Waals surface area contributed by atoms with Gasteiger partial charge >= 0.3 is 23.9 Å². The summed E-state index contributed by atoms with van der Waals surface area (Å²) in [7, 11) is 7.93.